The molecule has 0 amide bonds. The Balaban J connectivity index is 2.31. The predicted octanol–water partition coefficient (Wildman–Crippen LogP) is 4.33. The third-order valence-corrected chi connectivity index (χ3v) is 2.85. The Bertz CT molecular complexity index is 552. The Morgan fingerprint density at radius 3 is 2.47 bits per heavy atom. The summed E-state index contributed by atoms with van der Waals surface area (Å²) in [6.45, 7) is 3.93. The Morgan fingerprint density at radius 1 is 1.00 bits per heavy atom. The third kappa shape index (κ3) is 2.71. The van der Waals surface area contributed by atoms with Crippen molar-refractivity contribution in [2.75, 3.05) is 5.73 Å². The van der Waals surface area contributed by atoms with E-state index in [-0.39, 0.29) is 0 Å². The van der Waals surface area contributed by atoms with Gasteiger partial charge in [0.15, 0.2) is 0 Å². The Labute approximate surface area is 106 Å². The van der Waals surface area contributed by atoms with Gasteiger partial charge in [-0.2, -0.15) is 0 Å². The van der Waals surface area contributed by atoms with Crippen LogP contribution >= 0.6 is 11.6 Å². The van der Waals surface area contributed by atoms with E-state index in [0.29, 0.717) is 5.02 Å². The van der Waals surface area contributed by atoms with Crippen molar-refractivity contribution in [3.8, 4) is 11.5 Å². The van der Waals surface area contributed by atoms with Gasteiger partial charge >= 0.3 is 0 Å². The number of nitrogens with two attached hydrogens (primary N) is 1. The molecule has 0 saturated carbocycles. The second-order valence-electron chi connectivity index (χ2n) is 4.03. The molecule has 2 aromatic carbocycles. The number of ether oxygens (including phenoxy) is 1. The molecule has 2 rings (SSSR count). The molecule has 0 radical (unpaired) electrons. The van der Waals surface area contributed by atoms with Gasteiger partial charge < -0.3 is 10.5 Å². The number of hydrogen-bond acceptors (Lipinski definition) is 2. The van der Waals surface area contributed by atoms with E-state index in [0.717, 1.165) is 28.3 Å². The molecule has 0 spiro atoms. The number of rotatable bonds is 2. The first-order chi connectivity index (χ1) is 8.06. The van der Waals surface area contributed by atoms with Crippen molar-refractivity contribution in [3.63, 3.8) is 0 Å². The van der Waals surface area contributed by atoms with Gasteiger partial charge in [-0.05, 0) is 55.3 Å². The first-order valence-corrected chi connectivity index (χ1v) is 5.74. The summed E-state index contributed by atoms with van der Waals surface area (Å²) in [6, 6.07) is 11.2. The van der Waals surface area contributed by atoms with Crippen molar-refractivity contribution < 1.29 is 4.74 Å². The van der Waals surface area contributed by atoms with Crippen LogP contribution in [0.15, 0.2) is 36.4 Å². The molecule has 0 aliphatic carbocycles. The van der Waals surface area contributed by atoms with Gasteiger partial charge in [0.1, 0.15) is 11.5 Å². The van der Waals surface area contributed by atoms with E-state index in [1.807, 2.05) is 50.2 Å². The average molecular weight is 248 g/mol. The molecule has 17 heavy (non-hydrogen) atoms. The van der Waals surface area contributed by atoms with Gasteiger partial charge in [-0.15, -0.1) is 0 Å². The molecule has 2 aromatic rings. The fourth-order valence-electron chi connectivity index (χ4n) is 1.52. The standard InChI is InChI=1S/C14H14ClNO/c1-9-3-4-11(15)8-14(9)17-12-5-6-13(16)10(2)7-12/h3-8H,16H2,1-2H3. The normalized spacial score (nSPS) is 10.3. The van der Waals surface area contributed by atoms with Crippen LogP contribution in [0.1, 0.15) is 11.1 Å². The molecule has 0 unspecified atom stereocenters. The van der Waals surface area contributed by atoms with Gasteiger partial charge in [-0.3, -0.25) is 0 Å². The monoisotopic (exact) mass is 247 g/mol. The van der Waals surface area contributed by atoms with Crippen molar-refractivity contribution in [1.29, 1.82) is 0 Å². The highest BCUT2D eigenvalue weighted by molar-refractivity contribution is 6.30. The predicted molar refractivity (Wildman–Crippen MR) is 71.9 cm³/mol. The van der Waals surface area contributed by atoms with Crippen LogP contribution < -0.4 is 10.5 Å². The maximum Gasteiger partial charge on any atom is 0.131 e. The maximum atomic E-state index is 5.94. The largest absolute Gasteiger partial charge is 0.457 e. The molecule has 0 aromatic heterocycles. The number of aryl methyl sites for hydroxylation is 2. The van der Waals surface area contributed by atoms with Gasteiger partial charge in [-0.25, -0.2) is 0 Å². The molecule has 0 fully saturated rings. The topological polar surface area (TPSA) is 35.2 Å². The Kier molecular flexibility index (Phi) is 3.25. The highest BCUT2D eigenvalue weighted by atomic mass is 35.5. The van der Waals surface area contributed by atoms with E-state index in [2.05, 4.69) is 0 Å². The van der Waals surface area contributed by atoms with E-state index in [1.165, 1.54) is 0 Å². The molecule has 2 nitrogen and oxygen atoms in total. The fourth-order valence-corrected chi connectivity index (χ4v) is 1.68. The van der Waals surface area contributed by atoms with Crippen molar-refractivity contribution in [2.24, 2.45) is 0 Å². The van der Waals surface area contributed by atoms with Crippen LogP contribution in [-0.4, -0.2) is 0 Å². The molecule has 3 heteroatoms. The van der Waals surface area contributed by atoms with Crippen LogP contribution in [-0.2, 0) is 0 Å². The van der Waals surface area contributed by atoms with Gasteiger partial charge in [0.2, 0.25) is 0 Å². The van der Waals surface area contributed by atoms with Gasteiger partial charge in [0.25, 0.3) is 0 Å². The maximum absolute atomic E-state index is 5.94. The minimum Gasteiger partial charge on any atom is -0.457 e. The zero-order chi connectivity index (χ0) is 12.4. The smallest absolute Gasteiger partial charge is 0.131 e. The highest BCUT2D eigenvalue weighted by Gasteiger charge is 2.03. The van der Waals surface area contributed by atoms with E-state index < -0.39 is 0 Å². The van der Waals surface area contributed by atoms with Crippen molar-refractivity contribution in [1.82, 2.24) is 0 Å². The van der Waals surface area contributed by atoms with Crippen LogP contribution in [0.25, 0.3) is 0 Å². The van der Waals surface area contributed by atoms with Crippen molar-refractivity contribution in [3.05, 3.63) is 52.5 Å². The SMILES string of the molecule is Cc1cc(Oc2cc(Cl)ccc2C)ccc1N. The number of hydrogen-bond donors (Lipinski definition) is 1. The number of anilines is 1. The van der Waals surface area contributed by atoms with Gasteiger partial charge in [0, 0.05) is 10.7 Å². The summed E-state index contributed by atoms with van der Waals surface area (Å²) < 4.78 is 5.79. The molecule has 0 aliphatic heterocycles. The lowest BCUT2D eigenvalue weighted by atomic mass is 10.2. The van der Waals surface area contributed by atoms with Crippen molar-refractivity contribution >= 4 is 17.3 Å². The minimum absolute atomic E-state index is 0.665. The second kappa shape index (κ2) is 4.68. The Hall–Kier alpha value is -1.67. The molecule has 0 atom stereocenters. The quantitative estimate of drug-likeness (QED) is 0.802. The first kappa shape index (κ1) is 11.8. The van der Waals surface area contributed by atoms with Crippen LogP contribution in [0.2, 0.25) is 5.02 Å². The summed E-state index contributed by atoms with van der Waals surface area (Å²) >= 11 is 5.94. The Morgan fingerprint density at radius 2 is 1.76 bits per heavy atom. The van der Waals surface area contributed by atoms with Crippen molar-refractivity contribution in [2.45, 2.75) is 13.8 Å². The number of halogens is 1. The van der Waals surface area contributed by atoms with E-state index in [4.69, 9.17) is 22.1 Å². The zero-order valence-electron chi connectivity index (χ0n) is 9.83. The molecule has 0 saturated heterocycles. The summed E-state index contributed by atoms with van der Waals surface area (Å²) in [6.07, 6.45) is 0. The lowest BCUT2D eigenvalue weighted by molar-refractivity contribution is 0.478. The molecule has 88 valence electrons. The summed E-state index contributed by atoms with van der Waals surface area (Å²) in [5.74, 6) is 1.53. The highest BCUT2D eigenvalue weighted by Crippen LogP contribution is 2.29. The molecule has 0 heterocycles. The van der Waals surface area contributed by atoms with Crippen LogP contribution in [0.3, 0.4) is 0 Å². The third-order valence-electron chi connectivity index (χ3n) is 2.62. The van der Waals surface area contributed by atoms with E-state index >= 15 is 0 Å². The van der Waals surface area contributed by atoms with Gasteiger partial charge in [0.05, 0.1) is 0 Å². The lowest BCUT2D eigenvalue weighted by Crippen LogP contribution is -1.92. The zero-order valence-corrected chi connectivity index (χ0v) is 10.6. The summed E-state index contributed by atoms with van der Waals surface area (Å²) in [5, 5.41) is 0.665. The number of nitrogen functional groups attached to an aromatic ring is 1. The molecule has 0 aliphatic rings. The van der Waals surface area contributed by atoms with Crippen LogP contribution in [0.5, 0.6) is 11.5 Å². The molecular weight excluding hydrogens is 234 g/mol. The second-order valence-corrected chi connectivity index (χ2v) is 4.47. The van der Waals surface area contributed by atoms with E-state index in [1.54, 1.807) is 0 Å². The summed E-state index contributed by atoms with van der Waals surface area (Å²) in [5.41, 5.74) is 8.57. The van der Waals surface area contributed by atoms with Crippen LogP contribution in [0.4, 0.5) is 5.69 Å². The summed E-state index contributed by atoms with van der Waals surface area (Å²) in [7, 11) is 0. The van der Waals surface area contributed by atoms with Crippen LogP contribution in [0, 0.1) is 13.8 Å². The average Bonchev–Trinajstić information content (AvgIpc) is 2.29. The first-order valence-electron chi connectivity index (χ1n) is 5.36. The lowest BCUT2D eigenvalue weighted by Gasteiger charge is -2.10. The fraction of sp³-hybridized carbons (Fsp3) is 0.143. The molecular formula is C14H14ClNO. The molecule has 0 bridgehead atoms. The summed E-state index contributed by atoms with van der Waals surface area (Å²) in [4.78, 5) is 0. The molecule has 2 N–H and O–H groups in total. The minimum atomic E-state index is 0.665. The van der Waals surface area contributed by atoms with E-state index in [9.17, 15) is 0 Å². The number of benzene rings is 2. The van der Waals surface area contributed by atoms with Gasteiger partial charge in [-0.1, -0.05) is 17.7 Å².